The van der Waals surface area contributed by atoms with E-state index in [1.165, 1.54) is 23.7 Å². The number of carbonyl (C=O) groups excluding carboxylic acids is 1. The molecule has 2 aromatic carbocycles. The van der Waals surface area contributed by atoms with Crippen molar-refractivity contribution in [1.29, 1.82) is 0 Å². The third kappa shape index (κ3) is 5.65. The van der Waals surface area contributed by atoms with E-state index in [4.69, 9.17) is 4.98 Å². The van der Waals surface area contributed by atoms with Gasteiger partial charge in [0.05, 0.1) is 22.7 Å². The third-order valence-electron chi connectivity index (χ3n) is 8.79. The summed E-state index contributed by atoms with van der Waals surface area (Å²) in [6, 6.07) is 16.5. The predicted octanol–water partition coefficient (Wildman–Crippen LogP) is 7.49. The molecule has 1 fully saturated rings. The molecule has 0 saturated heterocycles. The molecule has 1 amide bonds. The van der Waals surface area contributed by atoms with Crippen LogP contribution < -0.4 is 5.56 Å². The van der Waals surface area contributed by atoms with Crippen molar-refractivity contribution in [2.24, 2.45) is 0 Å². The molecule has 3 aromatic rings. The molecular weight excluding hydrogens is 514 g/mol. The Labute approximate surface area is 243 Å². The van der Waals surface area contributed by atoms with E-state index in [1.54, 1.807) is 0 Å². The highest BCUT2D eigenvalue weighted by molar-refractivity contribution is 7.99. The largest absolute Gasteiger partial charge is 0.342 e. The molecule has 1 saturated carbocycles. The van der Waals surface area contributed by atoms with E-state index in [0.717, 1.165) is 98.9 Å². The molecule has 0 N–H and O–H groups in total. The normalized spacial score (nSPS) is 15.5. The van der Waals surface area contributed by atoms with Gasteiger partial charge in [-0.3, -0.25) is 14.2 Å². The SMILES string of the molecule is CCCCN(CCCC)C(=O)CSc1nc2c(c(=O)n1-c1ccccc1C)C1(CCCCC1)Cc1ccccc1-2. The number of thioether (sulfide) groups is 1. The molecule has 0 aliphatic heterocycles. The zero-order valence-corrected chi connectivity index (χ0v) is 25.2. The summed E-state index contributed by atoms with van der Waals surface area (Å²) in [5, 5.41) is 0.611. The van der Waals surface area contributed by atoms with Gasteiger partial charge in [-0.25, -0.2) is 4.98 Å². The van der Waals surface area contributed by atoms with Crippen LogP contribution in [0.3, 0.4) is 0 Å². The van der Waals surface area contributed by atoms with Crippen LogP contribution >= 0.6 is 11.8 Å². The number of unbranched alkanes of at least 4 members (excludes halogenated alkanes) is 2. The highest BCUT2D eigenvalue weighted by atomic mass is 32.2. The number of nitrogens with zero attached hydrogens (tertiary/aromatic N) is 3. The first-order valence-corrected chi connectivity index (χ1v) is 16.2. The second kappa shape index (κ2) is 12.8. The number of aryl methyl sites for hydroxylation is 1. The summed E-state index contributed by atoms with van der Waals surface area (Å²) in [4.78, 5) is 35.5. The molecule has 2 aliphatic carbocycles. The first-order chi connectivity index (χ1) is 19.5. The van der Waals surface area contributed by atoms with Gasteiger partial charge >= 0.3 is 0 Å². The maximum absolute atomic E-state index is 14.7. The van der Waals surface area contributed by atoms with Gasteiger partial charge in [-0.1, -0.05) is 100 Å². The lowest BCUT2D eigenvalue weighted by Crippen LogP contribution is -2.43. The quantitative estimate of drug-likeness (QED) is 0.191. The van der Waals surface area contributed by atoms with Gasteiger partial charge in [-0.15, -0.1) is 0 Å². The Balaban J connectivity index is 1.63. The number of rotatable bonds is 10. The summed E-state index contributed by atoms with van der Waals surface area (Å²) in [6.45, 7) is 7.93. The zero-order chi connectivity index (χ0) is 28.1. The Kier molecular flexibility index (Phi) is 9.14. The molecule has 1 spiro atoms. The molecule has 1 aromatic heterocycles. The fraction of sp³-hybridized carbons (Fsp3) is 0.500. The highest BCUT2D eigenvalue weighted by Crippen LogP contribution is 2.49. The van der Waals surface area contributed by atoms with Gasteiger partial charge in [0.25, 0.3) is 5.56 Å². The lowest BCUT2D eigenvalue weighted by atomic mass is 9.62. The topological polar surface area (TPSA) is 55.2 Å². The van der Waals surface area contributed by atoms with Crippen molar-refractivity contribution >= 4 is 17.7 Å². The molecule has 6 heteroatoms. The number of aromatic nitrogens is 2. The van der Waals surface area contributed by atoms with Gasteiger partial charge < -0.3 is 4.90 Å². The minimum absolute atomic E-state index is 0.0412. The lowest BCUT2D eigenvalue weighted by molar-refractivity contribution is -0.128. The van der Waals surface area contributed by atoms with Crippen LogP contribution in [0.2, 0.25) is 0 Å². The number of carbonyl (C=O) groups is 1. The number of hydrogen-bond acceptors (Lipinski definition) is 4. The van der Waals surface area contributed by atoms with Crippen molar-refractivity contribution in [3.05, 3.63) is 75.6 Å². The van der Waals surface area contributed by atoms with Crippen LogP contribution in [0, 0.1) is 6.92 Å². The van der Waals surface area contributed by atoms with Gasteiger partial charge in [-0.2, -0.15) is 0 Å². The standard InChI is InChI=1S/C34H43N3O2S/c1-4-6-21-36(22-7-5-2)29(38)24-40-33-35-31-27-17-11-10-16-26(27)23-34(19-13-8-14-20-34)30(31)32(39)37(33)28-18-12-9-15-25(28)3/h9-12,15-18H,4-8,13-14,19-24H2,1-3H3. The van der Waals surface area contributed by atoms with E-state index in [2.05, 4.69) is 32.0 Å². The molecule has 0 atom stereocenters. The fourth-order valence-corrected chi connectivity index (χ4v) is 7.49. The summed E-state index contributed by atoms with van der Waals surface area (Å²) >= 11 is 1.41. The van der Waals surface area contributed by atoms with Crippen molar-refractivity contribution in [1.82, 2.24) is 14.5 Å². The molecule has 1 heterocycles. The van der Waals surface area contributed by atoms with Crippen molar-refractivity contribution in [2.75, 3.05) is 18.8 Å². The first kappa shape index (κ1) is 28.7. The number of hydrogen-bond donors (Lipinski definition) is 0. The second-order valence-electron chi connectivity index (χ2n) is 11.6. The average molecular weight is 558 g/mol. The number of para-hydroxylation sites is 1. The molecule has 2 aliphatic rings. The number of benzene rings is 2. The molecule has 5 nitrogen and oxygen atoms in total. The molecule has 0 unspecified atom stereocenters. The summed E-state index contributed by atoms with van der Waals surface area (Å²) in [6.07, 6.45) is 10.6. The van der Waals surface area contributed by atoms with Crippen LogP contribution in [-0.2, 0) is 16.6 Å². The number of amides is 1. The summed E-state index contributed by atoms with van der Waals surface area (Å²) < 4.78 is 1.82. The minimum atomic E-state index is -0.174. The van der Waals surface area contributed by atoms with Crippen molar-refractivity contribution < 1.29 is 4.79 Å². The van der Waals surface area contributed by atoms with E-state index in [0.29, 0.717) is 5.16 Å². The smallest absolute Gasteiger partial charge is 0.263 e. The average Bonchev–Trinajstić information content (AvgIpc) is 2.97. The van der Waals surface area contributed by atoms with E-state index in [1.807, 2.05) is 46.7 Å². The van der Waals surface area contributed by atoms with Gasteiger partial charge in [-0.05, 0) is 56.2 Å². The molecule has 5 rings (SSSR count). The van der Waals surface area contributed by atoms with E-state index in [-0.39, 0.29) is 22.6 Å². The fourth-order valence-electron chi connectivity index (χ4n) is 6.59. The second-order valence-corrected chi connectivity index (χ2v) is 12.5. The van der Waals surface area contributed by atoms with Crippen LogP contribution in [0.5, 0.6) is 0 Å². The zero-order valence-electron chi connectivity index (χ0n) is 24.4. The molecule has 0 bridgehead atoms. The maximum atomic E-state index is 14.7. The Morgan fingerprint density at radius 3 is 2.35 bits per heavy atom. The van der Waals surface area contributed by atoms with Crippen LogP contribution in [0.15, 0.2) is 58.5 Å². The van der Waals surface area contributed by atoms with Crippen molar-refractivity contribution in [3.8, 4) is 16.9 Å². The summed E-state index contributed by atoms with van der Waals surface area (Å²) in [7, 11) is 0. The van der Waals surface area contributed by atoms with E-state index in [9.17, 15) is 9.59 Å². The third-order valence-corrected chi connectivity index (χ3v) is 9.72. The van der Waals surface area contributed by atoms with Crippen LogP contribution in [0.4, 0.5) is 0 Å². The molecular formula is C34H43N3O2S. The number of fused-ring (bicyclic) bond motifs is 4. The molecule has 0 radical (unpaired) electrons. The van der Waals surface area contributed by atoms with Crippen LogP contribution in [0.25, 0.3) is 16.9 Å². The maximum Gasteiger partial charge on any atom is 0.263 e. The summed E-state index contributed by atoms with van der Waals surface area (Å²) in [5.41, 5.74) is 5.83. The summed E-state index contributed by atoms with van der Waals surface area (Å²) in [5.74, 6) is 0.400. The van der Waals surface area contributed by atoms with Gasteiger partial charge in [0.15, 0.2) is 5.16 Å². The van der Waals surface area contributed by atoms with Crippen molar-refractivity contribution in [2.45, 2.75) is 95.6 Å². The predicted molar refractivity (Wildman–Crippen MR) is 166 cm³/mol. The highest BCUT2D eigenvalue weighted by Gasteiger charge is 2.43. The molecule has 212 valence electrons. The van der Waals surface area contributed by atoms with E-state index >= 15 is 0 Å². The monoisotopic (exact) mass is 557 g/mol. The van der Waals surface area contributed by atoms with Crippen LogP contribution in [0.1, 0.15) is 88.3 Å². The molecule has 40 heavy (non-hydrogen) atoms. The van der Waals surface area contributed by atoms with Crippen LogP contribution in [-0.4, -0.2) is 39.2 Å². The van der Waals surface area contributed by atoms with Gasteiger partial charge in [0, 0.05) is 24.1 Å². The van der Waals surface area contributed by atoms with Gasteiger partial charge in [0.1, 0.15) is 0 Å². The Morgan fingerprint density at radius 1 is 0.975 bits per heavy atom. The van der Waals surface area contributed by atoms with E-state index < -0.39 is 0 Å². The Bertz CT molecular complexity index is 1400. The Hall–Kier alpha value is -2.86. The minimum Gasteiger partial charge on any atom is -0.342 e. The van der Waals surface area contributed by atoms with Gasteiger partial charge in [0.2, 0.25) is 5.91 Å². The Morgan fingerprint density at radius 2 is 1.65 bits per heavy atom. The first-order valence-electron chi connectivity index (χ1n) is 15.2. The lowest BCUT2D eigenvalue weighted by Gasteiger charge is -2.42. The van der Waals surface area contributed by atoms with Crippen molar-refractivity contribution in [3.63, 3.8) is 0 Å².